The molecule has 0 heterocycles. The Morgan fingerprint density at radius 1 is 1.15 bits per heavy atom. The van der Waals surface area contributed by atoms with Crippen LogP contribution >= 0.6 is 0 Å². The summed E-state index contributed by atoms with van der Waals surface area (Å²) in [7, 11) is 0. The maximum Gasteiger partial charge on any atom is 0.0291 e. The van der Waals surface area contributed by atoms with Gasteiger partial charge < -0.3 is 5.32 Å². The van der Waals surface area contributed by atoms with E-state index >= 15 is 0 Å². The monoisotopic (exact) mass is 179 g/mol. The minimum absolute atomic E-state index is 0.473. The lowest BCUT2D eigenvalue weighted by Crippen LogP contribution is -2.17. The summed E-state index contributed by atoms with van der Waals surface area (Å²) in [5.74, 6) is 0. The molecule has 13 heavy (non-hydrogen) atoms. The van der Waals surface area contributed by atoms with Gasteiger partial charge in [-0.3, -0.25) is 0 Å². The van der Waals surface area contributed by atoms with Gasteiger partial charge >= 0.3 is 0 Å². The van der Waals surface area contributed by atoms with Crippen LogP contribution in [0.1, 0.15) is 39.3 Å². The van der Waals surface area contributed by atoms with Crippen molar-refractivity contribution >= 4 is 0 Å². The van der Waals surface area contributed by atoms with Gasteiger partial charge in [-0.15, -0.1) is 0 Å². The van der Waals surface area contributed by atoms with Crippen LogP contribution in [0.3, 0.4) is 0 Å². The number of nitrogens with one attached hydrogen (secondary N) is 1. The second-order valence-electron chi connectivity index (χ2n) is 2.69. The van der Waals surface area contributed by atoms with Gasteiger partial charge in [0.25, 0.3) is 0 Å². The Balaban J connectivity index is 0.000000671. The summed E-state index contributed by atoms with van der Waals surface area (Å²) in [6.07, 6.45) is 0. The van der Waals surface area contributed by atoms with Gasteiger partial charge in [0.15, 0.2) is 0 Å². The van der Waals surface area contributed by atoms with Crippen molar-refractivity contribution < 1.29 is 0 Å². The number of rotatable bonds is 3. The Morgan fingerprint density at radius 2 is 1.69 bits per heavy atom. The fourth-order valence-corrected chi connectivity index (χ4v) is 1.17. The SMILES string of the molecule is CC.CCNC(C)c1ccccc1. The van der Waals surface area contributed by atoms with E-state index in [0.29, 0.717) is 6.04 Å². The van der Waals surface area contributed by atoms with Crippen molar-refractivity contribution in [2.45, 2.75) is 33.7 Å². The maximum atomic E-state index is 3.36. The highest BCUT2D eigenvalue weighted by Crippen LogP contribution is 2.09. The molecule has 1 atom stereocenters. The lowest BCUT2D eigenvalue weighted by atomic mass is 10.1. The van der Waals surface area contributed by atoms with E-state index in [1.165, 1.54) is 5.56 Å². The Labute approximate surface area is 82.2 Å². The zero-order valence-electron chi connectivity index (χ0n) is 9.17. The summed E-state index contributed by atoms with van der Waals surface area (Å²) in [5.41, 5.74) is 1.36. The summed E-state index contributed by atoms with van der Waals surface area (Å²) in [4.78, 5) is 0. The van der Waals surface area contributed by atoms with E-state index in [9.17, 15) is 0 Å². The van der Waals surface area contributed by atoms with Crippen LogP contribution in [-0.4, -0.2) is 6.54 Å². The van der Waals surface area contributed by atoms with E-state index in [1.807, 2.05) is 19.9 Å². The average molecular weight is 179 g/mol. The van der Waals surface area contributed by atoms with Crippen LogP contribution in [0.4, 0.5) is 0 Å². The van der Waals surface area contributed by atoms with Crippen molar-refractivity contribution in [2.75, 3.05) is 6.54 Å². The van der Waals surface area contributed by atoms with Gasteiger partial charge in [0.1, 0.15) is 0 Å². The Bertz CT molecular complexity index is 194. The lowest BCUT2D eigenvalue weighted by Gasteiger charge is -2.11. The molecule has 1 heteroatoms. The molecule has 0 aliphatic heterocycles. The Morgan fingerprint density at radius 3 is 2.15 bits per heavy atom. The third kappa shape index (κ3) is 4.69. The Kier molecular flexibility index (Phi) is 7.32. The van der Waals surface area contributed by atoms with E-state index in [2.05, 4.69) is 43.4 Å². The standard InChI is InChI=1S/C10H15N.C2H6/c1-3-11-9(2)10-7-5-4-6-8-10;1-2/h4-9,11H,3H2,1-2H3;1-2H3. The summed E-state index contributed by atoms with van der Waals surface area (Å²) in [6.45, 7) is 9.33. The van der Waals surface area contributed by atoms with Gasteiger partial charge in [-0.2, -0.15) is 0 Å². The third-order valence-electron chi connectivity index (χ3n) is 1.81. The topological polar surface area (TPSA) is 12.0 Å². The second kappa shape index (κ2) is 7.81. The van der Waals surface area contributed by atoms with Crippen LogP contribution in [0.2, 0.25) is 0 Å². The molecule has 0 bridgehead atoms. The van der Waals surface area contributed by atoms with Gasteiger partial charge in [0.2, 0.25) is 0 Å². The van der Waals surface area contributed by atoms with E-state index < -0.39 is 0 Å². The minimum atomic E-state index is 0.473. The zero-order chi connectivity index (χ0) is 10.1. The average Bonchev–Trinajstić information content (AvgIpc) is 2.23. The first-order valence-electron chi connectivity index (χ1n) is 5.13. The molecule has 1 aromatic carbocycles. The number of hydrogen-bond acceptors (Lipinski definition) is 1. The van der Waals surface area contributed by atoms with Crippen LogP contribution in [-0.2, 0) is 0 Å². The molecule has 0 fully saturated rings. The fraction of sp³-hybridized carbons (Fsp3) is 0.500. The van der Waals surface area contributed by atoms with Gasteiger partial charge in [-0.05, 0) is 19.0 Å². The highest BCUT2D eigenvalue weighted by Gasteiger charge is 1.99. The molecule has 74 valence electrons. The molecule has 1 aromatic rings. The largest absolute Gasteiger partial charge is 0.310 e. The summed E-state index contributed by atoms with van der Waals surface area (Å²) in [6, 6.07) is 11.0. The molecule has 0 saturated heterocycles. The molecule has 0 aromatic heterocycles. The van der Waals surface area contributed by atoms with E-state index in [1.54, 1.807) is 0 Å². The first kappa shape index (κ1) is 12.2. The molecule has 0 aliphatic carbocycles. The summed E-state index contributed by atoms with van der Waals surface area (Å²) < 4.78 is 0. The second-order valence-corrected chi connectivity index (χ2v) is 2.69. The van der Waals surface area contributed by atoms with E-state index in [-0.39, 0.29) is 0 Å². The van der Waals surface area contributed by atoms with Crippen molar-refractivity contribution in [3.05, 3.63) is 35.9 Å². The quantitative estimate of drug-likeness (QED) is 0.750. The van der Waals surface area contributed by atoms with Crippen molar-refractivity contribution in [1.29, 1.82) is 0 Å². The molecular weight excluding hydrogens is 158 g/mol. The van der Waals surface area contributed by atoms with Gasteiger partial charge in [0.05, 0.1) is 0 Å². The molecule has 0 radical (unpaired) electrons. The van der Waals surface area contributed by atoms with Crippen molar-refractivity contribution in [3.8, 4) is 0 Å². The smallest absolute Gasteiger partial charge is 0.0291 e. The van der Waals surface area contributed by atoms with Gasteiger partial charge in [-0.25, -0.2) is 0 Å². The van der Waals surface area contributed by atoms with E-state index in [4.69, 9.17) is 0 Å². The highest BCUT2D eigenvalue weighted by atomic mass is 14.9. The van der Waals surface area contributed by atoms with Gasteiger partial charge in [0, 0.05) is 6.04 Å². The molecule has 1 nitrogen and oxygen atoms in total. The van der Waals surface area contributed by atoms with Crippen LogP contribution in [0, 0.1) is 0 Å². The predicted octanol–water partition coefficient (Wildman–Crippen LogP) is 3.38. The molecule has 1 unspecified atom stereocenters. The zero-order valence-corrected chi connectivity index (χ0v) is 9.17. The van der Waals surface area contributed by atoms with Crippen LogP contribution in [0.25, 0.3) is 0 Å². The van der Waals surface area contributed by atoms with Crippen LogP contribution < -0.4 is 5.32 Å². The van der Waals surface area contributed by atoms with Crippen molar-refractivity contribution in [3.63, 3.8) is 0 Å². The fourth-order valence-electron chi connectivity index (χ4n) is 1.17. The van der Waals surface area contributed by atoms with Crippen LogP contribution in [0.15, 0.2) is 30.3 Å². The molecule has 0 aliphatic rings. The third-order valence-corrected chi connectivity index (χ3v) is 1.81. The molecule has 0 spiro atoms. The first-order valence-corrected chi connectivity index (χ1v) is 5.13. The molecule has 0 amide bonds. The summed E-state index contributed by atoms with van der Waals surface area (Å²) >= 11 is 0. The normalized spacial score (nSPS) is 11.4. The van der Waals surface area contributed by atoms with E-state index in [0.717, 1.165) is 6.54 Å². The van der Waals surface area contributed by atoms with Crippen molar-refractivity contribution in [2.24, 2.45) is 0 Å². The highest BCUT2D eigenvalue weighted by molar-refractivity contribution is 5.17. The molecule has 1 N–H and O–H groups in total. The maximum absolute atomic E-state index is 3.36. The lowest BCUT2D eigenvalue weighted by molar-refractivity contribution is 0.598. The molecule has 1 rings (SSSR count). The number of hydrogen-bond donors (Lipinski definition) is 1. The minimum Gasteiger partial charge on any atom is -0.310 e. The molecular formula is C12H21N. The predicted molar refractivity (Wildman–Crippen MR) is 59.9 cm³/mol. The molecule has 0 saturated carbocycles. The summed E-state index contributed by atoms with van der Waals surface area (Å²) in [5, 5.41) is 3.36. The first-order chi connectivity index (χ1) is 6.34. The number of benzene rings is 1. The van der Waals surface area contributed by atoms with Crippen LogP contribution in [0.5, 0.6) is 0 Å². The van der Waals surface area contributed by atoms with Crippen molar-refractivity contribution in [1.82, 2.24) is 5.32 Å². The van der Waals surface area contributed by atoms with Gasteiger partial charge in [-0.1, -0.05) is 51.1 Å². The Hall–Kier alpha value is -0.820.